The minimum Gasteiger partial charge on any atom is -0.472 e. The van der Waals surface area contributed by atoms with E-state index >= 15 is 0 Å². The largest absolute Gasteiger partial charge is 0.472 e. The van der Waals surface area contributed by atoms with Crippen LogP contribution in [0.2, 0.25) is 5.02 Å². The Labute approximate surface area is 144 Å². The highest BCUT2D eigenvalue weighted by Gasteiger charge is 2.21. The molecule has 0 radical (unpaired) electrons. The van der Waals surface area contributed by atoms with Crippen LogP contribution in [0.5, 0.6) is 5.88 Å². The molecule has 0 spiro atoms. The van der Waals surface area contributed by atoms with Crippen LogP contribution in [0, 0.1) is 0 Å². The number of ether oxygens (including phenoxy) is 1. The Kier molecular flexibility index (Phi) is 5.00. The minimum absolute atomic E-state index is 0.353. The summed E-state index contributed by atoms with van der Waals surface area (Å²) in [6, 6.07) is 7.44. The maximum atomic E-state index is 10.9. The molecule has 8 heteroatoms. The third kappa shape index (κ3) is 4.05. The van der Waals surface area contributed by atoms with Gasteiger partial charge in [-0.1, -0.05) is 23.7 Å². The lowest BCUT2D eigenvalue weighted by Crippen LogP contribution is -2.48. The molecule has 2 heterocycles. The first-order valence-corrected chi connectivity index (χ1v) is 7.92. The van der Waals surface area contributed by atoms with Gasteiger partial charge in [-0.3, -0.25) is 4.98 Å². The lowest BCUT2D eigenvalue weighted by atomic mass is 10.2. The van der Waals surface area contributed by atoms with Gasteiger partial charge in [0.1, 0.15) is 6.61 Å². The Morgan fingerprint density at radius 1 is 1.25 bits per heavy atom. The summed E-state index contributed by atoms with van der Waals surface area (Å²) >= 11 is 5.95. The monoisotopic (exact) mass is 348 g/mol. The number of carbonyl (C=O) groups is 1. The first-order valence-electron chi connectivity index (χ1n) is 7.54. The molecular weight excluding hydrogens is 332 g/mol. The van der Waals surface area contributed by atoms with E-state index in [1.165, 1.54) is 4.90 Å². The summed E-state index contributed by atoms with van der Waals surface area (Å²) < 4.78 is 5.67. The van der Waals surface area contributed by atoms with Crippen molar-refractivity contribution in [3.63, 3.8) is 0 Å². The van der Waals surface area contributed by atoms with Gasteiger partial charge in [-0.05, 0) is 17.7 Å². The molecule has 0 unspecified atom stereocenters. The molecule has 2 aromatic rings. The third-order valence-electron chi connectivity index (χ3n) is 3.75. The van der Waals surface area contributed by atoms with Crippen LogP contribution in [0.4, 0.5) is 10.6 Å². The Bertz CT molecular complexity index is 720. The molecule has 1 aliphatic rings. The first-order chi connectivity index (χ1) is 11.6. The van der Waals surface area contributed by atoms with E-state index in [1.807, 2.05) is 29.2 Å². The quantitative estimate of drug-likeness (QED) is 0.914. The topological polar surface area (TPSA) is 78.8 Å². The predicted molar refractivity (Wildman–Crippen MR) is 89.6 cm³/mol. The second-order valence-electron chi connectivity index (χ2n) is 5.39. The fraction of sp³-hybridized carbons (Fsp3) is 0.312. The normalized spacial score (nSPS) is 14.5. The molecule has 7 nitrogen and oxygen atoms in total. The van der Waals surface area contributed by atoms with E-state index in [-0.39, 0.29) is 0 Å². The second kappa shape index (κ2) is 7.35. The summed E-state index contributed by atoms with van der Waals surface area (Å²) in [5.74, 6) is 1.11. The molecule has 0 saturated carbocycles. The highest BCUT2D eigenvalue weighted by molar-refractivity contribution is 6.30. The van der Waals surface area contributed by atoms with Gasteiger partial charge < -0.3 is 19.6 Å². The number of hydrogen-bond acceptors (Lipinski definition) is 5. The second-order valence-corrected chi connectivity index (χ2v) is 5.83. The van der Waals surface area contributed by atoms with Crippen molar-refractivity contribution < 1.29 is 14.6 Å². The number of halogens is 1. The molecule has 0 bridgehead atoms. The fourth-order valence-corrected chi connectivity index (χ4v) is 2.68. The molecule has 1 fully saturated rings. The van der Waals surface area contributed by atoms with Gasteiger partial charge in [0.2, 0.25) is 5.88 Å². The summed E-state index contributed by atoms with van der Waals surface area (Å²) in [5.41, 5.74) is 0.949. The van der Waals surface area contributed by atoms with Crippen LogP contribution in [0.1, 0.15) is 5.56 Å². The fourth-order valence-electron chi connectivity index (χ4n) is 2.47. The lowest BCUT2D eigenvalue weighted by molar-refractivity contribution is 0.142. The molecule has 0 aliphatic carbocycles. The number of piperazine rings is 1. The molecule has 1 saturated heterocycles. The molecule has 1 amide bonds. The molecular formula is C16H17ClN4O3. The van der Waals surface area contributed by atoms with Gasteiger partial charge in [0, 0.05) is 31.2 Å². The number of aromatic nitrogens is 2. The summed E-state index contributed by atoms with van der Waals surface area (Å²) in [5, 5.41) is 9.65. The van der Waals surface area contributed by atoms with E-state index in [0.717, 1.165) is 5.56 Å². The third-order valence-corrected chi connectivity index (χ3v) is 3.98. The molecule has 126 valence electrons. The summed E-state index contributed by atoms with van der Waals surface area (Å²) in [6.07, 6.45) is 2.32. The maximum Gasteiger partial charge on any atom is 0.407 e. The minimum atomic E-state index is -0.889. The molecule has 0 atom stereocenters. The van der Waals surface area contributed by atoms with Crippen molar-refractivity contribution in [3.05, 3.63) is 47.2 Å². The molecule has 1 aliphatic heterocycles. The van der Waals surface area contributed by atoms with Gasteiger partial charge in [0.25, 0.3) is 0 Å². The Balaban J connectivity index is 1.61. The van der Waals surface area contributed by atoms with Gasteiger partial charge in [-0.2, -0.15) is 4.98 Å². The molecule has 24 heavy (non-hydrogen) atoms. The van der Waals surface area contributed by atoms with E-state index in [9.17, 15) is 4.79 Å². The average molecular weight is 349 g/mol. The van der Waals surface area contributed by atoms with E-state index in [0.29, 0.717) is 49.5 Å². The zero-order chi connectivity index (χ0) is 16.9. The zero-order valence-electron chi connectivity index (χ0n) is 12.9. The van der Waals surface area contributed by atoms with Crippen LogP contribution in [0.25, 0.3) is 0 Å². The van der Waals surface area contributed by atoms with Crippen molar-refractivity contribution in [1.82, 2.24) is 14.9 Å². The van der Waals surface area contributed by atoms with Crippen LogP contribution in [-0.4, -0.2) is 52.2 Å². The number of anilines is 1. The van der Waals surface area contributed by atoms with Crippen LogP contribution in [0.3, 0.4) is 0 Å². The SMILES string of the molecule is O=C(O)N1CCN(c2cncc(OCc3cccc(Cl)c3)n2)CC1. The molecule has 1 aromatic heterocycles. The molecule has 1 aromatic carbocycles. The van der Waals surface area contributed by atoms with Crippen LogP contribution < -0.4 is 9.64 Å². The van der Waals surface area contributed by atoms with E-state index in [2.05, 4.69) is 9.97 Å². The first kappa shape index (κ1) is 16.3. The van der Waals surface area contributed by atoms with Crippen LogP contribution >= 0.6 is 11.6 Å². The van der Waals surface area contributed by atoms with E-state index in [4.69, 9.17) is 21.4 Å². The standard InChI is InChI=1S/C16H17ClN4O3/c17-13-3-1-2-12(8-13)11-24-15-10-18-9-14(19-15)20-4-6-21(7-5-20)16(22)23/h1-3,8-10H,4-7,11H2,(H,22,23). The van der Waals surface area contributed by atoms with Crippen molar-refractivity contribution in [2.45, 2.75) is 6.61 Å². The smallest absolute Gasteiger partial charge is 0.407 e. The van der Waals surface area contributed by atoms with E-state index in [1.54, 1.807) is 12.4 Å². The zero-order valence-corrected chi connectivity index (χ0v) is 13.7. The predicted octanol–water partition coefficient (Wildman–Crippen LogP) is 2.51. The van der Waals surface area contributed by atoms with Gasteiger partial charge in [0.15, 0.2) is 5.82 Å². The number of hydrogen-bond donors (Lipinski definition) is 1. The van der Waals surface area contributed by atoms with E-state index < -0.39 is 6.09 Å². The Morgan fingerprint density at radius 3 is 2.75 bits per heavy atom. The van der Waals surface area contributed by atoms with Crippen molar-refractivity contribution in [3.8, 4) is 5.88 Å². The van der Waals surface area contributed by atoms with Gasteiger partial charge in [0.05, 0.1) is 12.4 Å². The van der Waals surface area contributed by atoms with Gasteiger partial charge in [-0.15, -0.1) is 0 Å². The highest BCUT2D eigenvalue weighted by atomic mass is 35.5. The average Bonchev–Trinajstić information content (AvgIpc) is 2.60. The number of benzene rings is 1. The number of rotatable bonds is 4. The van der Waals surface area contributed by atoms with Crippen LogP contribution in [-0.2, 0) is 6.61 Å². The molecule has 1 N–H and O–H groups in total. The Morgan fingerprint density at radius 2 is 2.04 bits per heavy atom. The Hall–Kier alpha value is -2.54. The maximum absolute atomic E-state index is 10.9. The van der Waals surface area contributed by atoms with Crippen molar-refractivity contribution in [2.24, 2.45) is 0 Å². The summed E-state index contributed by atoms with van der Waals surface area (Å²) in [7, 11) is 0. The van der Waals surface area contributed by atoms with Crippen LogP contribution in [0.15, 0.2) is 36.7 Å². The number of nitrogens with zero attached hydrogens (tertiary/aromatic N) is 4. The van der Waals surface area contributed by atoms with Gasteiger partial charge >= 0.3 is 6.09 Å². The van der Waals surface area contributed by atoms with Gasteiger partial charge in [-0.25, -0.2) is 4.79 Å². The van der Waals surface area contributed by atoms with Crippen molar-refractivity contribution in [2.75, 3.05) is 31.1 Å². The number of amides is 1. The van der Waals surface area contributed by atoms with Crippen molar-refractivity contribution in [1.29, 1.82) is 0 Å². The highest BCUT2D eigenvalue weighted by Crippen LogP contribution is 2.18. The van der Waals surface area contributed by atoms with Crippen molar-refractivity contribution >= 4 is 23.5 Å². The summed E-state index contributed by atoms with van der Waals surface area (Å²) in [6.45, 7) is 2.41. The number of carboxylic acid groups (broad SMARTS) is 1. The molecule has 3 rings (SSSR count). The summed E-state index contributed by atoms with van der Waals surface area (Å²) in [4.78, 5) is 22.9. The lowest BCUT2D eigenvalue weighted by Gasteiger charge is -2.33.